The van der Waals surface area contributed by atoms with E-state index in [0.717, 1.165) is 0 Å². The van der Waals surface area contributed by atoms with Crippen LogP contribution in [0, 0.1) is 0 Å². The Morgan fingerprint density at radius 2 is 1.68 bits per heavy atom. The van der Waals surface area contributed by atoms with Crippen molar-refractivity contribution in [3.8, 4) is 23.0 Å². The van der Waals surface area contributed by atoms with Crippen LogP contribution in [0.25, 0.3) is 0 Å². The third-order valence-corrected chi connectivity index (χ3v) is 6.16. The Morgan fingerprint density at radius 1 is 1.03 bits per heavy atom. The quantitative estimate of drug-likeness (QED) is 0.708. The average Bonchev–Trinajstić information content (AvgIpc) is 2.78. The summed E-state index contributed by atoms with van der Waals surface area (Å²) in [6, 6.07) is 8.40. The SMILES string of the molecule is COc1cc(C(=O)N2CCC3(CC2)CC(=O)c2cc(Cl)ccc2O3)cc(OC)c1OC. The van der Waals surface area contributed by atoms with Gasteiger partial charge in [-0.15, -0.1) is 0 Å². The molecular weight excluding hydrogens is 422 g/mol. The number of hydrogen-bond acceptors (Lipinski definition) is 6. The van der Waals surface area contributed by atoms with Gasteiger partial charge >= 0.3 is 0 Å². The van der Waals surface area contributed by atoms with E-state index in [1.165, 1.54) is 21.3 Å². The number of nitrogens with zero attached hydrogens (tertiary/aromatic N) is 1. The fourth-order valence-corrected chi connectivity index (χ4v) is 4.42. The van der Waals surface area contributed by atoms with Gasteiger partial charge in [0.25, 0.3) is 5.91 Å². The van der Waals surface area contributed by atoms with Gasteiger partial charge in [0.05, 0.1) is 33.3 Å². The molecule has 2 aromatic rings. The van der Waals surface area contributed by atoms with E-state index in [2.05, 4.69) is 0 Å². The van der Waals surface area contributed by atoms with Crippen LogP contribution in [0.4, 0.5) is 0 Å². The molecule has 1 amide bonds. The molecule has 2 aliphatic heterocycles. The molecule has 8 heteroatoms. The van der Waals surface area contributed by atoms with Crippen LogP contribution in [0.3, 0.4) is 0 Å². The summed E-state index contributed by atoms with van der Waals surface area (Å²) in [4.78, 5) is 27.6. The maximum absolute atomic E-state index is 13.2. The Bertz CT molecular complexity index is 1000. The Kier molecular flexibility index (Phi) is 5.71. The highest BCUT2D eigenvalue weighted by molar-refractivity contribution is 6.31. The molecule has 2 heterocycles. The van der Waals surface area contributed by atoms with E-state index in [4.69, 9.17) is 30.5 Å². The van der Waals surface area contributed by atoms with Crippen molar-refractivity contribution >= 4 is 23.3 Å². The first-order valence-electron chi connectivity index (χ1n) is 10.0. The van der Waals surface area contributed by atoms with E-state index in [9.17, 15) is 9.59 Å². The highest BCUT2D eigenvalue weighted by Crippen LogP contribution is 2.41. The summed E-state index contributed by atoms with van der Waals surface area (Å²) in [5.74, 6) is 1.74. The second kappa shape index (κ2) is 8.30. The van der Waals surface area contributed by atoms with E-state index in [1.807, 2.05) is 0 Å². The Hall–Kier alpha value is -2.93. The number of ketones is 1. The summed E-state index contributed by atoms with van der Waals surface area (Å²) in [5.41, 5.74) is 0.379. The minimum absolute atomic E-state index is 0.0214. The maximum atomic E-state index is 13.2. The molecular formula is C23H24ClNO6. The van der Waals surface area contributed by atoms with Gasteiger partial charge in [-0.1, -0.05) is 11.6 Å². The van der Waals surface area contributed by atoms with Crippen molar-refractivity contribution in [1.29, 1.82) is 0 Å². The highest BCUT2D eigenvalue weighted by Gasteiger charge is 2.43. The van der Waals surface area contributed by atoms with Gasteiger partial charge in [-0.3, -0.25) is 9.59 Å². The van der Waals surface area contributed by atoms with Gasteiger partial charge < -0.3 is 23.8 Å². The first kappa shape index (κ1) is 21.3. The molecule has 31 heavy (non-hydrogen) atoms. The zero-order valence-electron chi connectivity index (χ0n) is 17.7. The molecule has 0 atom stereocenters. The van der Waals surface area contributed by atoms with Crippen molar-refractivity contribution in [2.24, 2.45) is 0 Å². The molecule has 7 nitrogen and oxygen atoms in total. The van der Waals surface area contributed by atoms with Gasteiger partial charge in [0.1, 0.15) is 11.4 Å². The van der Waals surface area contributed by atoms with Gasteiger partial charge in [-0.25, -0.2) is 0 Å². The van der Waals surface area contributed by atoms with Crippen LogP contribution in [-0.4, -0.2) is 56.6 Å². The van der Waals surface area contributed by atoms with Gasteiger partial charge in [0.2, 0.25) is 5.75 Å². The van der Waals surface area contributed by atoms with Crippen LogP contribution in [-0.2, 0) is 0 Å². The molecule has 4 rings (SSSR count). The number of Topliss-reactive ketones (excluding diaryl/α,β-unsaturated/α-hetero) is 1. The summed E-state index contributed by atoms with van der Waals surface area (Å²) < 4.78 is 22.3. The second-order valence-electron chi connectivity index (χ2n) is 7.73. The number of hydrogen-bond donors (Lipinski definition) is 0. The van der Waals surface area contributed by atoms with E-state index in [1.54, 1.807) is 35.2 Å². The third-order valence-electron chi connectivity index (χ3n) is 5.92. The molecule has 0 aliphatic carbocycles. The number of methoxy groups -OCH3 is 3. The molecule has 0 N–H and O–H groups in total. The van der Waals surface area contributed by atoms with Crippen molar-refractivity contribution in [3.05, 3.63) is 46.5 Å². The summed E-state index contributed by atoms with van der Waals surface area (Å²) in [5, 5.41) is 0.511. The monoisotopic (exact) mass is 445 g/mol. The van der Waals surface area contributed by atoms with E-state index < -0.39 is 5.60 Å². The lowest BCUT2D eigenvalue weighted by Gasteiger charge is -2.44. The Balaban J connectivity index is 1.51. The largest absolute Gasteiger partial charge is 0.493 e. The lowest BCUT2D eigenvalue weighted by Crippen LogP contribution is -2.52. The number of benzene rings is 2. The Morgan fingerprint density at radius 3 is 2.26 bits per heavy atom. The molecule has 0 saturated carbocycles. The summed E-state index contributed by atoms with van der Waals surface area (Å²) in [6.07, 6.45) is 1.42. The van der Waals surface area contributed by atoms with Crippen LogP contribution >= 0.6 is 11.6 Å². The smallest absolute Gasteiger partial charge is 0.254 e. The van der Waals surface area contributed by atoms with E-state index >= 15 is 0 Å². The first-order chi connectivity index (χ1) is 14.9. The van der Waals surface area contributed by atoms with Gasteiger partial charge in [0.15, 0.2) is 17.3 Å². The van der Waals surface area contributed by atoms with Crippen molar-refractivity contribution in [2.75, 3.05) is 34.4 Å². The molecule has 0 bridgehead atoms. The van der Waals surface area contributed by atoms with Crippen molar-refractivity contribution in [1.82, 2.24) is 4.90 Å². The fourth-order valence-electron chi connectivity index (χ4n) is 4.25. The minimum atomic E-state index is -0.593. The third kappa shape index (κ3) is 3.90. The number of halogens is 1. The number of fused-ring (bicyclic) bond motifs is 1. The lowest BCUT2D eigenvalue weighted by molar-refractivity contribution is -0.00572. The number of carbonyl (C=O) groups excluding carboxylic acids is 2. The zero-order valence-corrected chi connectivity index (χ0v) is 18.5. The lowest BCUT2D eigenvalue weighted by atomic mass is 9.82. The number of rotatable bonds is 4. The Labute approximate surface area is 185 Å². The molecule has 1 saturated heterocycles. The predicted molar refractivity (Wildman–Crippen MR) is 115 cm³/mol. The second-order valence-corrected chi connectivity index (χ2v) is 8.17. The van der Waals surface area contributed by atoms with Crippen LogP contribution < -0.4 is 18.9 Å². The number of piperidine rings is 1. The molecule has 0 aromatic heterocycles. The summed E-state index contributed by atoms with van der Waals surface area (Å²) in [6.45, 7) is 0.956. The molecule has 2 aromatic carbocycles. The highest BCUT2D eigenvalue weighted by atomic mass is 35.5. The van der Waals surface area contributed by atoms with Crippen LogP contribution in [0.15, 0.2) is 30.3 Å². The van der Waals surface area contributed by atoms with E-state index in [-0.39, 0.29) is 18.1 Å². The van der Waals surface area contributed by atoms with Gasteiger partial charge in [-0.05, 0) is 30.3 Å². The number of ether oxygens (including phenoxy) is 4. The van der Waals surface area contributed by atoms with Crippen LogP contribution in [0.5, 0.6) is 23.0 Å². The molecule has 1 spiro atoms. The van der Waals surface area contributed by atoms with Crippen LogP contribution in [0.2, 0.25) is 5.02 Å². The van der Waals surface area contributed by atoms with Crippen LogP contribution in [0.1, 0.15) is 40.0 Å². The summed E-state index contributed by atoms with van der Waals surface area (Å²) >= 11 is 6.02. The molecule has 164 valence electrons. The van der Waals surface area contributed by atoms with Crippen molar-refractivity contribution in [2.45, 2.75) is 24.9 Å². The van der Waals surface area contributed by atoms with Gasteiger partial charge in [0, 0.05) is 36.5 Å². The summed E-state index contributed by atoms with van der Waals surface area (Å²) in [7, 11) is 4.54. The molecule has 0 unspecified atom stereocenters. The standard InChI is InChI=1S/C23H24ClNO6/c1-28-19-10-14(11-20(29-2)21(19)30-3)22(27)25-8-6-23(7-9-25)13-17(26)16-12-15(24)4-5-18(16)31-23/h4-5,10-12H,6-9,13H2,1-3H3. The van der Waals surface area contributed by atoms with Crippen molar-refractivity contribution in [3.63, 3.8) is 0 Å². The predicted octanol–water partition coefficient (Wildman–Crippen LogP) is 4.01. The average molecular weight is 446 g/mol. The number of amides is 1. The number of likely N-dealkylation sites (tertiary alicyclic amines) is 1. The van der Waals surface area contributed by atoms with Gasteiger partial charge in [-0.2, -0.15) is 0 Å². The molecule has 0 radical (unpaired) electrons. The maximum Gasteiger partial charge on any atom is 0.254 e. The van der Waals surface area contributed by atoms with Crippen molar-refractivity contribution < 1.29 is 28.5 Å². The normalized spacial score (nSPS) is 17.0. The topological polar surface area (TPSA) is 74.3 Å². The molecule has 2 aliphatic rings. The zero-order chi connectivity index (χ0) is 22.2. The number of carbonyl (C=O) groups is 2. The fraction of sp³-hybridized carbons (Fsp3) is 0.391. The minimum Gasteiger partial charge on any atom is -0.493 e. The molecule has 1 fully saturated rings. The first-order valence-corrected chi connectivity index (χ1v) is 10.4. The van der Waals surface area contributed by atoms with E-state index in [0.29, 0.717) is 65.1 Å².